The standard InChI is InChI=1S/C19H24N4O3/c1-12-8-15(13(2)26-12)18(25)23-6-4-19(5-7-23)16(9-17(24)21-19)14-10-20-22(3)11-14/h8,10-11,16H,4-7,9H2,1-3H3,(H,21,24)/t16-/m0/s1. The number of nitrogens with one attached hydrogen (secondary N) is 1. The molecule has 2 amide bonds. The number of aryl methyl sites for hydroxylation is 3. The molecule has 2 saturated heterocycles. The summed E-state index contributed by atoms with van der Waals surface area (Å²) in [6, 6.07) is 1.80. The van der Waals surface area contributed by atoms with Crippen LogP contribution in [0, 0.1) is 13.8 Å². The van der Waals surface area contributed by atoms with E-state index in [2.05, 4.69) is 10.4 Å². The Hall–Kier alpha value is -2.57. The van der Waals surface area contributed by atoms with Gasteiger partial charge in [-0.3, -0.25) is 14.3 Å². The molecule has 1 spiro atoms. The fraction of sp³-hybridized carbons (Fsp3) is 0.526. The molecule has 7 heteroatoms. The summed E-state index contributed by atoms with van der Waals surface area (Å²) in [5.41, 5.74) is 1.45. The SMILES string of the molecule is Cc1cc(C(=O)N2CCC3(CC2)NC(=O)C[C@H]3c2cnn(C)c2)c(C)o1. The fourth-order valence-electron chi connectivity index (χ4n) is 4.45. The maximum Gasteiger partial charge on any atom is 0.257 e. The van der Waals surface area contributed by atoms with Gasteiger partial charge in [0.1, 0.15) is 11.5 Å². The third-order valence-electron chi connectivity index (χ3n) is 5.79. The van der Waals surface area contributed by atoms with Crippen molar-refractivity contribution in [3.63, 3.8) is 0 Å². The summed E-state index contributed by atoms with van der Waals surface area (Å²) in [5, 5.41) is 7.47. The normalized spacial score (nSPS) is 22.0. The Kier molecular flexibility index (Phi) is 3.89. The largest absolute Gasteiger partial charge is 0.466 e. The van der Waals surface area contributed by atoms with Crippen LogP contribution in [0.1, 0.15) is 52.6 Å². The first-order valence-electron chi connectivity index (χ1n) is 9.04. The summed E-state index contributed by atoms with van der Waals surface area (Å²) in [4.78, 5) is 26.9. The Labute approximate surface area is 152 Å². The molecule has 2 aliphatic heterocycles. The highest BCUT2D eigenvalue weighted by molar-refractivity contribution is 5.95. The zero-order valence-corrected chi connectivity index (χ0v) is 15.4. The molecule has 138 valence electrons. The van der Waals surface area contributed by atoms with E-state index in [4.69, 9.17) is 4.42 Å². The van der Waals surface area contributed by atoms with Crippen molar-refractivity contribution >= 4 is 11.8 Å². The zero-order chi connectivity index (χ0) is 18.5. The first-order valence-corrected chi connectivity index (χ1v) is 9.04. The number of carbonyl (C=O) groups excluding carboxylic acids is 2. The summed E-state index contributed by atoms with van der Waals surface area (Å²) in [6.07, 6.45) is 5.82. The average molecular weight is 356 g/mol. The highest BCUT2D eigenvalue weighted by atomic mass is 16.3. The molecule has 26 heavy (non-hydrogen) atoms. The van der Waals surface area contributed by atoms with Crippen molar-refractivity contribution in [3.05, 3.63) is 41.1 Å². The van der Waals surface area contributed by atoms with Gasteiger partial charge in [0.2, 0.25) is 5.91 Å². The van der Waals surface area contributed by atoms with Crippen LogP contribution in [0.4, 0.5) is 0 Å². The minimum Gasteiger partial charge on any atom is -0.466 e. The lowest BCUT2D eigenvalue weighted by atomic mass is 9.75. The summed E-state index contributed by atoms with van der Waals surface area (Å²) in [5.74, 6) is 1.62. The predicted molar refractivity (Wildman–Crippen MR) is 94.8 cm³/mol. The van der Waals surface area contributed by atoms with Crippen LogP contribution in [-0.4, -0.2) is 45.1 Å². The first kappa shape index (κ1) is 16.9. The number of rotatable bonds is 2. The molecule has 7 nitrogen and oxygen atoms in total. The number of hydrogen-bond donors (Lipinski definition) is 1. The van der Waals surface area contributed by atoms with Crippen LogP contribution in [0.25, 0.3) is 0 Å². The average Bonchev–Trinajstić information content (AvgIpc) is 3.25. The lowest BCUT2D eigenvalue weighted by Crippen LogP contribution is -2.54. The topological polar surface area (TPSA) is 80.4 Å². The minimum atomic E-state index is -0.280. The lowest BCUT2D eigenvalue weighted by molar-refractivity contribution is -0.120. The summed E-state index contributed by atoms with van der Waals surface area (Å²) < 4.78 is 7.27. The van der Waals surface area contributed by atoms with Crippen molar-refractivity contribution in [2.75, 3.05) is 13.1 Å². The van der Waals surface area contributed by atoms with Crippen molar-refractivity contribution in [3.8, 4) is 0 Å². The second-order valence-electron chi connectivity index (χ2n) is 7.53. The van der Waals surface area contributed by atoms with E-state index in [0.717, 1.165) is 24.2 Å². The van der Waals surface area contributed by atoms with E-state index >= 15 is 0 Å². The van der Waals surface area contributed by atoms with Crippen molar-refractivity contribution in [2.24, 2.45) is 7.05 Å². The van der Waals surface area contributed by atoms with E-state index in [9.17, 15) is 9.59 Å². The first-order chi connectivity index (χ1) is 12.4. The smallest absolute Gasteiger partial charge is 0.257 e. The summed E-state index contributed by atoms with van der Waals surface area (Å²) in [6.45, 7) is 4.92. The molecule has 2 aliphatic rings. The highest BCUT2D eigenvalue weighted by Crippen LogP contribution is 2.43. The van der Waals surface area contributed by atoms with Crippen molar-refractivity contribution in [1.29, 1.82) is 0 Å². The Morgan fingerprint density at radius 1 is 1.35 bits per heavy atom. The molecule has 1 N–H and O–H groups in total. The van der Waals surface area contributed by atoms with Crippen LogP contribution in [0.3, 0.4) is 0 Å². The van der Waals surface area contributed by atoms with E-state index in [1.54, 1.807) is 10.7 Å². The van der Waals surface area contributed by atoms with E-state index < -0.39 is 0 Å². The maximum absolute atomic E-state index is 12.8. The molecule has 1 atom stereocenters. The molecular weight excluding hydrogens is 332 g/mol. The van der Waals surface area contributed by atoms with Crippen molar-refractivity contribution in [1.82, 2.24) is 20.0 Å². The third kappa shape index (κ3) is 2.71. The highest BCUT2D eigenvalue weighted by Gasteiger charge is 2.49. The van der Waals surface area contributed by atoms with Gasteiger partial charge in [-0.1, -0.05) is 0 Å². The van der Waals surface area contributed by atoms with Crippen LogP contribution in [0.15, 0.2) is 22.9 Å². The molecule has 4 rings (SSSR count). The van der Waals surface area contributed by atoms with E-state index in [1.807, 2.05) is 38.2 Å². The molecule has 4 heterocycles. The fourth-order valence-corrected chi connectivity index (χ4v) is 4.45. The molecule has 2 aromatic rings. The van der Waals surface area contributed by atoms with Gasteiger partial charge < -0.3 is 14.6 Å². The number of hydrogen-bond acceptors (Lipinski definition) is 4. The summed E-state index contributed by atoms with van der Waals surface area (Å²) in [7, 11) is 1.89. The number of aromatic nitrogens is 2. The van der Waals surface area contributed by atoms with Gasteiger partial charge in [0.05, 0.1) is 17.3 Å². The molecule has 2 aromatic heterocycles. The number of likely N-dealkylation sites (tertiary alicyclic amines) is 1. The molecule has 0 aromatic carbocycles. The quantitative estimate of drug-likeness (QED) is 0.891. The number of nitrogens with zero attached hydrogens (tertiary/aromatic N) is 3. The minimum absolute atomic E-state index is 0.0106. The van der Waals surface area contributed by atoms with E-state index in [-0.39, 0.29) is 23.3 Å². The Balaban J connectivity index is 1.52. The zero-order valence-electron chi connectivity index (χ0n) is 15.4. The number of piperidine rings is 1. The molecule has 0 aliphatic carbocycles. The lowest BCUT2D eigenvalue weighted by Gasteiger charge is -2.42. The number of amides is 2. The monoisotopic (exact) mass is 356 g/mol. The Morgan fingerprint density at radius 3 is 2.65 bits per heavy atom. The number of carbonyl (C=O) groups is 2. The second-order valence-corrected chi connectivity index (χ2v) is 7.53. The van der Waals surface area contributed by atoms with Gasteiger partial charge in [-0.2, -0.15) is 5.10 Å². The maximum atomic E-state index is 12.8. The molecule has 0 radical (unpaired) electrons. The molecule has 0 bridgehead atoms. The van der Waals surface area contributed by atoms with Gasteiger partial charge in [0.15, 0.2) is 0 Å². The van der Waals surface area contributed by atoms with E-state index in [1.165, 1.54) is 0 Å². The van der Waals surface area contributed by atoms with Gasteiger partial charge >= 0.3 is 0 Å². The van der Waals surface area contributed by atoms with Gasteiger partial charge in [0.25, 0.3) is 5.91 Å². The van der Waals surface area contributed by atoms with Gasteiger partial charge in [0, 0.05) is 38.7 Å². The van der Waals surface area contributed by atoms with Crippen LogP contribution >= 0.6 is 0 Å². The Bertz CT molecular complexity index is 858. The molecule has 2 fully saturated rings. The van der Waals surface area contributed by atoms with Crippen molar-refractivity contribution in [2.45, 2.75) is 44.6 Å². The summed E-state index contributed by atoms with van der Waals surface area (Å²) >= 11 is 0. The van der Waals surface area contributed by atoms with E-state index in [0.29, 0.717) is 30.8 Å². The van der Waals surface area contributed by atoms with Crippen LogP contribution in [0.2, 0.25) is 0 Å². The van der Waals surface area contributed by atoms with Crippen LogP contribution < -0.4 is 5.32 Å². The molecule has 0 unspecified atom stereocenters. The molecule has 0 saturated carbocycles. The van der Waals surface area contributed by atoms with Crippen LogP contribution in [0.5, 0.6) is 0 Å². The van der Waals surface area contributed by atoms with Crippen molar-refractivity contribution < 1.29 is 14.0 Å². The van der Waals surface area contributed by atoms with Gasteiger partial charge in [-0.25, -0.2) is 0 Å². The third-order valence-corrected chi connectivity index (χ3v) is 5.79. The Morgan fingerprint density at radius 2 is 2.08 bits per heavy atom. The predicted octanol–water partition coefficient (Wildman–Crippen LogP) is 1.91. The molecular formula is C19H24N4O3. The van der Waals surface area contributed by atoms with Crippen LogP contribution in [-0.2, 0) is 11.8 Å². The van der Waals surface area contributed by atoms with Gasteiger partial charge in [-0.15, -0.1) is 0 Å². The number of furan rings is 1. The second kappa shape index (κ2) is 6.00. The van der Waals surface area contributed by atoms with Gasteiger partial charge in [-0.05, 0) is 38.3 Å².